The van der Waals surface area contributed by atoms with E-state index in [1.54, 1.807) is 36.4 Å². The number of hydrogen-bond donors (Lipinski definition) is 1. The molecule has 0 bridgehead atoms. The fourth-order valence-corrected chi connectivity index (χ4v) is 4.24. The third-order valence-electron chi connectivity index (χ3n) is 3.65. The highest BCUT2D eigenvalue weighted by Gasteiger charge is 2.30. The number of halogens is 1. The Labute approximate surface area is 170 Å². The first-order valence-corrected chi connectivity index (χ1v) is 9.42. The second-order valence-electron chi connectivity index (χ2n) is 5.33. The van der Waals surface area contributed by atoms with Gasteiger partial charge in [-0.3, -0.25) is 4.79 Å². The monoisotopic (exact) mass is 497 g/mol. The number of carbonyl (C=O) groups is 1. The number of aromatic hydroxyl groups is 1. The van der Waals surface area contributed by atoms with Gasteiger partial charge in [0.25, 0.3) is 5.91 Å². The molecule has 6 nitrogen and oxygen atoms in total. The summed E-state index contributed by atoms with van der Waals surface area (Å²) in [6.45, 7) is 0. The Hall–Kier alpha value is -2.11. The van der Waals surface area contributed by atoms with Crippen molar-refractivity contribution in [3.8, 4) is 17.1 Å². The lowest BCUT2D eigenvalue weighted by atomic mass is 10.1. The molecule has 1 aliphatic rings. The van der Waals surface area contributed by atoms with Gasteiger partial charge in [0.1, 0.15) is 22.9 Å². The Morgan fingerprint density at radius 3 is 2.69 bits per heavy atom. The number of nitrogens with zero attached hydrogens (tertiary/aromatic N) is 1. The van der Waals surface area contributed by atoms with Crippen molar-refractivity contribution in [1.29, 1.82) is 0 Å². The van der Waals surface area contributed by atoms with E-state index in [9.17, 15) is 14.7 Å². The molecule has 1 aliphatic heterocycles. The van der Waals surface area contributed by atoms with Gasteiger partial charge < -0.3 is 13.9 Å². The van der Waals surface area contributed by atoms with Gasteiger partial charge in [0.05, 0.1) is 39.2 Å². The summed E-state index contributed by atoms with van der Waals surface area (Å²) in [6.07, 6.45) is 1.64. The van der Waals surface area contributed by atoms with Gasteiger partial charge in [-0.1, -0.05) is 24.0 Å². The van der Waals surface area contributed by atoms with Crippen LogP contribution in [0, 0.1) is 0 Å². The van der Waals surface area contributed by atoms with E-state index in [2.05, 4.69) is 0 Å². The minimum atomic E-state index is -0.615. The predicted octanol–water partition coefficient (Wildman–Crippen LogP) is 4.31. The van der Waals surface area contributed by atoms with E-state index in [1.165, 1.54) is 14.9 Å². The molecule has 1 aromatic carbocycles. The smallest absolute Gasteiger partial charge is 0.339 e. The van der Waals surface area contributed by atoms with Crippen LogP contribution in [0.5, 0.6) is 5.75 Å². The second kappa shape index (κ2) is 6.56. The maximum Gasteiger partial charge on any atom is 0.339 e. The van der Waals surface area contributed by atoms with E-state index in [4.69, 9.17) is 21.1 Å². The Bertz CT molecular complexity index is 1160. The maximum absolute atomic E-state index is 12.0. The highest BCUT2D eigenvalue weighted by Crippen LogP contribution is 2.36. The molecule has 1 fully saturated rings. The van der Waals surface area contributed by atoms with Gasteiger partial charge in [-0.15, -0.1) is 0 Å². The zero-order valence-corrected chi connectivity index (χ0v) is 16.6. The van der Waals surface area contributed by atoms with Crippen LogP contribution < -0.4 is 5.63 Å². The lowest BCUT2D eigenvalue weighted by molar-refractivity contribution is -0.118. The summed E-state index contributed by atoms with van der Waals surface area (Å²) in [6, 6.07) is 9.50. The molecule has 9 heteroatoms. The molecule has 0 spiro atoms. The molecule has 0 atom stereocenters. The molecule has 0 saturated carbocycles. The molecule has 4 rings (SSSR count). The minimum Gasteiger partial charge on any atom is -0.507 e. The lowest BCUT2D eigenvalue weighted by Crippen LogP contribution is -2.15. The quantitative estimate of drug-likeness (QED) is 0.186. The van der Waals surface area contributed by atoms with Crippen molar-refractivity contribution in [3.63, 3.8) is 0 Å². The van der Waals surface area contributed by atoms with E-state index >= 15 is 0 Å². The van der Waals surface area contributed by atoms with Crippen LogP contribution in [-0.2, 0) is 4.79 Å². The highest BCUT2D eigenvalue weighted by atomic mass is 127. The minimum absolute atomic E-state index is 0.157. The van der Waals surface area contributed by atoms with E-state index < -0.39 is 5.63 Å². The van der Waals surface area contributed by atoms with Gasteiger partial charge >= 0.3 is 5.63 Å². The molecule has 26 heavy (non-hydrogen) atoms. The van der Waals surface area contributed by atoms with E-state index in [0.717, 1.165) is 6.07 Å². The number of fused-ring (bicyclic) bond motifs is 1. The van der Waals surface area contributed by atoms with Crippen LogP contribution in [-0.4, -0.2) is 18.4 Å². The molecule has 1 amide bonds. The summed E-state index contributed by atoms with van der Waals surface area (Å²) >= 11 is 8.17. The first-order valence-electron chi connectivity index (χ1n) is 7.23. The number of hydrogen-bond acceptors (Lipinski definition) is 7. The molecular formula is C17H8INO5S2. The number of amides is 1. The van der Waals surface area contributed by atoms with E-state index in [0.29, 0.717) is 31.7 Å². The van der Waals surface area contributed by atoms with Gasteiger partial charge in [-0.2, -0.15) is 0 Å². The summed E-state index contributed by atoms with van der Waals surface area (Å²) in [4.78, 5) is 23.8. The normalized spacial score (nSPS) is 16.2. The van der Waals surface area contributed by atoms with Crippen molar-refractivity contribution >= 4 is 74.1 Å². The molecular weight excluding hydrogens is 489 g/mol. The molecule has 0 aliphatic carbocycles. The third kappa shape index (κ3) is 3.06. The fraction of sp³-hybridized carbons (Fsp3) is 0. The van der Waals surface area contributed by atoms with Gasteiger partial charge in [0.2, 0.25) is 0 Å². The third-order valence-corrected chi connectivity index (χ3v) is 6.53. The standard InChI is InChI=1S/C17H8INO5S2/c18-19-16(22)14(26-17(19)25)6-9-2-4-12(23-9)8-1-3-13-10(5-8)11(20)7-15(21)24-13/h1-7,20H/b14-6-. The molecule has 1 saturated heterocycles. The maximum atomic E-state index is 12.0. The first kappa shape index (κ1) is 17.3. The molecule has 3 heterocycles. The predicted molar refractivity (Wildman–Crippen MR) is 111 cm³/mol. The summed E-state index contributed by atoms with van der Waals surface area (Å²) in [7, 11) is 0. The van der Waals surface area contributed by atoms with Crippen LogP contribution in [0.25, 0.3) is 28.4 Å². The SMILES string of the molecule is O=C1/C(=C/c2ccc(-c3ccc4oc(=O)cc(O)c4c3)o2)SC(=S)N1I. The van der Waals surface area contributed by atoms with E-state index in [1.807, 2.05) is 22.9 Å². The largest absolute Gasteiger partial charge is 0.507 e. The van der Waals surface area contributed by atoms with Gasteiger partial charge in [0.15, 0.2) is 4.32 Å². The Kier molecular flexibility index (Phi) is 4.37. The number of rotatable bonds is 2. The van der Waals surface area contributed by atoms with Crippen LogP contribution in [0.1, 0.15) is 5.76 Å². The molecule has 0 unspecified atom stereocenters. The summed E-state index contributed by atoms with van der Waals surface area (Å²) in [5.41, 5.74) is 0.370. The molecule has 130 valence electrons. The van der Waals surface area contributed by atoms with Crippen LogP contribution in [0.15, 0.2) is 54.9 Å². The molecule has 2 aromatic heterocycles. The van der Waals surface area contributed by atoms with Crippen LogP contribution in [0.4, 0.5) is 0 Å². The molecule has 0 radical (unpaired) electrons. The number of thioether (sulfide) groups is 1. The van der Waals surface area contributed by atoms with Gasteiger partial charge in [0, 0.05) is 11.6 Å². The van der Waals surface area contributed by atoms with Crippen LogP contribution in [0.3, 0.4) is 0 Å². The number of thiocarbonyl (C=S) groups is 1. The summed E-state index contributed by atoms with van der Waals surface area (Å²) in [5, 5.41) is 10.3. The van der Waals surface area contributed by atoms with Crippen molar-refractivity contribution in [2.24, 2.45) is 0 Å². The van der Waals surface area contributed by atoms with Gasteiger partial charge in [-0.25, -0.2) is 7.91 Å². The zero-order valence-electron chi connectivity index (χ0n) is 12.8. The highest BCUT2D eigenvalue weighted by molar-refractivity contribution is 14.1. The van der Waals surface area contributed by atoms with Crippen molar-refractivity contribution in [3.05, 3.63) is 57.5 Å². The Balaban J connectivity index is 1.70. The van der Waals surface area contributed by atoms with Crippen molar-refractivity contribution in [2.75, 3.05) is 0 Å². The van der Waals surface area contributed by atoms with Crippen molar-refractivity contribution in [2.45, 2.75) is 0 Å². The first-order chi connectivity index (χ1) is 12.4. The summed E-state index contributed by atoms with van der Waals surface area (Å²) in [5.74, 6) is 0.725. The van der Waals surface area contributed by atoms with Crippen LogP contribution in [0.2, 0.25) is 0 Å². The van der Waals surface area contributed by atoms with Crippen molar-refractivity contribution < 1.29 is 18.7 Å². The van der Waals surface area contributed by atoms with Gasteiger partial charge in [-0.05, 0) is 30.3 Å². The number of furan rings is 1. The zero-order chi connectivity index (χ0) is 18.4. The van der Waals surface area contributed by atoms with E-state index in [-0.39, 0.29) is 17.2 Å². The average Bonchev–Trinajstić information content (AvgIpc) is 3.16. The second-order valence-corrected chi connectivity index (χ2v) is 7.97. The average molecular weight is 497 g/mol. The topological polar surface area (TPSA) is 83.9 Å². The molecule has 1 N–H and O–H groups in total. The summed E-state index contributed by atoms with van der Waals surface area (Å²) < 4.78 is 12.7. The molecule has 3 aromatic rings. The lowest BCUT2D eigenvalue weighted by Gasteiger charge is -2.02. The fourth-order valence-electron chi connectivity index (χ4n) is 2.46. The Morgan fingerprint density at radius 1 is 1.15 bits per heavy atom. The number of carbonyl (C=O) groups excluding carboxylic acids is 1. The van der Waals surface area contributed by atoms with Crippen LogP contribution >= 0.6 is 46.8 Å². The Morgan fingerprint density at radius 2 is 1.96 bits per heavy atom. The number of benzene rings is 1. The van der Waals surface area contributed by atoms with Crippen molar-refractivity contribution in [1.82, 2.24) is 3.11 Å².